The third-order valence-electron chi connectivity index (χ3n) is 4.67. The molecule has 0 fully saturated rings. The number of aromatic nitrogens is 1. The number of thiazole rings is 1. The summed E-state index contributed by atoms with van der Waals surface area (Å²) in [6, 6.07) is 20.8. The van der Waals surface area contributed by atoms with Crippen molar-refractivity contribution in [3.05, 3.63) is 83.4 Å². The largest absolute Gasteiger partial charge is 0.497 e. The van der Waals surface area contributed by atoms with Gasteiger partial charge >= 0.3 is 0 Å². The van der Waals surface area contributed by atoms with Crippen LogP contribution in [0.5, 0.6) is 5.75 Å². The molecule has 7 heteroatoms. The fourth-order valence-electron chi connectivity index (χ4n) is 3.12. The molecule has 1 N–H and O–H groups in total. The van der Waals surface area contributed by atoms with Crippen LogP contribution in [0.3, 0.4) is 0 Å². The molecule has 0 saturated heterocycles. The second-order valence-electron chi connectivity index (χ2n) is 6.80. The minimum atomic E-state index is -0.118. The average Bonchev–Trinajstić information content (AvgIpc) is 3.25. The van der Waals surface area contributed by atoms with Gasteiger partial charge in [-0.1, -0.05) is 48.2 Å². The first kappa shape index (κ1) is 21.1. The maximum atomic E-state index is 12.5. The van der Waals surface area contributed by atoms with Crippen LogP contribution < -0.4 is 10.1 Å². The van der Waals surface area contributed by atoms with Gasteiger partial charge in [-0.25, -0.2) is 4.98 Å². The van der Waals surface area contributed by atoms with Crippen molar-refractivity contribution in [2.45, 2.75) is 10.8 Å². The zero-order valence-electron chi connectivity index (χ0n) is 16.8. The number of nitrogens with zero attached hydrogens (tertiary/aromatic N) is 1. The lowest BCUT2D eigenvalue weighted by Crippen LogP contribution is -2.14. The second-order valence-corrected chi connectivity index (χ2v) is 8.88. The molecule has 31 heavy (non-hydrogen) atoms. The molecule has 0 saturated carbocycles. The van der Waals surface area contributed by atoms with E-state index in [0.717, 1.165) is 26.5 Å². The van der Waals surface area contributed by atoms with Crippen LogP contribution in [-0.4, -0.2) is 29.5 Å². The topological polar surface area (TPSA) is 68.3 Å². The minimum absolute atomic E-state index is 0.0260. The number of carbonyl (C=O) groups is 2. The molecule has 0 aliphatic rings. The summed E-state index contributed by atoms with van der Waals surface area (Å²) >= 11 is 2.83. The molecule has 1 amide bonds. The van der Waals surface area contributed by atoms with Gasteiger partial charge in [-0.3, -0.25) is 9.59 Å². The normalized spacial score (nSPS) is 10.7. The first-order chi connectivity index (χ1) is 15.1. The lowest BCUT2D eigenvalue weighted by molar-refractivity contribution is -0.115. The fraction of sp³-hybridized carbons (Fsp3) is 0.125. The maximum Gasteiger partial charge on any atom is 0.230 e. The number of hydrogen-bond acceptors (Lipinski definition) is 6. The number of Topliss-reactive ketones (excluding diaryl/α,β-unsaturated/α-hetero) is 1. The van der Waals surface area contributed by atoms with Gasteiger partial charge in [0.25, 0.3) is 0 Å². The van der Waals surface area contributed by atoms with E-state index in [1.165, 1.54) is 23.1 Å². The molecule has 0 radical (unpaired) electrons. The van der Waals surface area contributed by atoms with Crippen LogP contribution in [-0.2, 0) is 11.2 Å². The summed E-state index contributed by atoms with van der Waals surface area (Å²) in [6.07, 6.45) is 0.187. The third-order valence-corrected chi connectivity index (χ3v) is 6.74. The van der Waals surface area contributed by atoms with Crippen molar-refractivity contribution in [3.8, 4) is 5.75 Å². The lowest BCUT2D eigenvalue weighted by atomic mass is 10.1. The Hall–Kier alpha value is -3.16. The molecule has 0 atom stereocenters. The first-order valence-corrected chi connectivity index (χ1v) is 11.5. The highest BCUT2D eigenvalue weighted by atomic mass is 32.2. The molecular formula is C24H20N2O3S2. The highest BCUT2D eigenvalue weighted by molar-refractivity contribution is 8.01. The Balaban J connectivity index is 1.33. The Morgan fingerprint density at radius 1 is 1.03 bits per heavy atom. The van der Waals surface area contributed by atoms with Gasteiger partial charge in [-0.15, -0.1) is 11.3 Å². The van der Waals surface area contributed by atoms with Crippen LogP contribution in [0, 0.1) is 0 Å². The first-order valence-electron chi connectivity index (χ1n) is 9.64. The smallest absolute Gasteiger partial charge is 0.230 e. The summed E-state index contributed by atoms with van der Waals surface area (Å²) in [7, 11) is 1.59. The zero-order valence-corrected chi connectivity index (χ0v) is 18.5. The van der Waals surface area contributed by atoms with Gasteiger partial charge in [-0.05, 0) is 35.7 Å². The van der Waals surface area contributed by atoms with E-state index in [1.54, 1.807) is 31.4 Å². The summed E-state index contributed by atoms with van der Waals surface area (Å²) in [5.74, 6) is 0.919. The molecule has 4 rings (SSSR count). The van der Waals surface area contributed by atoms with E-state index in [0.29, 0.717) is 17.0 Å². The number of methoxy groups -OCH3 is 1. The van der Waals surface area contributed by atoms with Crippen LogP contribution in [0.2, 0.25) is 0 Å². The second kappa shape index (κ2) is 9.76. The van der Waals surface area contributed by atoms with E-state index < -0.39 is 0 Å². The van der Waals surface area contributed by atoms with E-state index in [2.05, 4.69) is 10.3 Å². The van der Waals surface area contributed by atoms with Crippen molar-refractivity contribution in [1.29, 1.82) is 0 Å². The molecule has 5 nitrogen and oxygen atoms in total. The number of carbonyl (C=O) groups excluding carboxylic acids is 2. The Morgan fingerprint density at radius 2 is 1.81 bits per heavy atom. The molecule has 156 valence electrons. The molecule has 0 unspecified atom stereocenters. The van der Waals surface area contributed by atoms with Crippen LogP contribution in [0.4, 0.5) is 5.69 Å². The number of anilines is 1. The molecule has 1 aromatic heterocycles. The summed E-state index contributed by atoms with van der Waals surface area (Å²) in [6.45, 7) is 0. The van der Waals surface area contributed by atoms with E-state index in [-0.39, 0.29) is 18.1 Å². The van der Waals surface area contributed by atoms with E-state index in [4.69, 9.17) is 4.74 Å². The Morgan fingerprint density at radius 3 is 2.61 bits per heavy atom. The quantitative estimate of drug-likeness (QED) is 0.286. The summed E-state index contributed by atoms with van der Waals surface area (Å²) in [5.41, 5.74) is 2.12. The highest BCUT2D eigenvalue weighted by Crippen LogP contribution is 2.26. The van der Waals surface area contributed by atoms with Crippen molar-refractivity contribution < 1.29 is 14.3 Å². The van der Waals surface area contributed by atoms with Crippen molar-refractivity contribution >= 4 is 51.2 Å². The molecule has 1 heterocycles. The number of thioether (sulfide) groups is 1. The van der Waals surface area contributed by atoms with Gasteiger partial charge in [-0.2, -0.15) is 0 Å². The Labute approximate surface area is 188 Å². The van der Waals surface area contributed by atoms with Gasteiger partial charge in [0.05, 0.1) is 25.0 Å². The monoisotopic (exact) mass is 448 g/mol. The standard InChI is InChI=1S/C24H20N2O3S2/c1-29-19-11-9-17(10-12-19)22(27)15-31-24-25-18(14-30-24)13-23(28)26-21-8-4-6-16-5-2-3-7-20(16)21/h2-12,14H,13,15H2,1H3,(H,26,28). The van der Waals surface area contributed by atoms with Gasteiger partial charge in [0, 0.05) is 22.0 Å². The van der Waals surface area contributed by atoms with Gasteiger partial charge < -0.3 is 10.1 Å². The minimum Gasteiger partial charge on any atom is -0.497 e. The van der Waals surface area contributed by atoms with Crippen LogP contribution in [0.25, 0.3) is 10.8 Å². The van der Waals surface area contributed by atoms with E-state index in [9.17, 15) is 9.59 Å². The predicted molar refractivity (Wildman–Crippen MR) is 126 cm³/mol. The number of nitrogens with one attached hydrogen (secondary N) is 1. The SMILES string of the molecule is COc1ccc(C(=O)CSc2nc(CC(=O)Nc3cccc4ccccc34)cs2)cc1. The van der Waals surface area contributed by atoms with E-state index in [1.807, 2.05) is 47.8 Å². The number of hydrogen-bond donors (Lipinski definition) is 1. The molecular weight excluding hydrogens is 428 g/mol. The van der Waals surface area contributed by atoms with Crippen LogP contribution in [0.15, 0.2) is 76.4 Å². The third kappa shape index (κ3) is 5.31. The summed E-state index contributed by atoms with van der Waals surface area (Å²) in [4.78, 5) is 29.4. The molecule has 0 aliphatic heterocycles. The van der Waals surface area contributed by atoms with E-state index >= 15 is 0 Å². The highest BCUT2D eigenvalue weighted by Gasteiger charge is 2.12. The molecule has 0 spiro atoms. The Bertz CT molecular complexity index is 1210. The van der Waals surface area contributed by atoms with Gasteiger partial charge in [0.1, 0.15) is 5.75 Å². The average molecular weight is 449 g/mol. The van der Waals surface area contributed by atoms with Crippen LogP contribution >= 0.6 is 23.1 Å². The molecule has 3 aromatic carbocycles. The maximum absolute atomic E-state index is 12.5. The van der Waals surface area contributed by atoms with Gasteiger partial charge in [0.15, 0.2) is 10.1 Å². The fourth-order valence-corrected chi connectivity index (χ4v) is 4.86. The van der Waals surface area contributed by atoms with Crippen molar-refractivity contribution in [2.24, 2.45) is 0 Å². The summed E-state index contributed by atoms with van der Waals surface area (Å²) in [5, 5.41) is 6.92. The van der Waals surface area contributed by atoms with Crippen LogP contribution in [0.1, 0.15) is 16.1 Å². The number of ether oxygens (including phenoxy) is 1. The number of fused-ring (bicyclic) bond motifs is 1. The number of benzene rings is 3. The molecule has 0 aliphatic carbocycles. The number of amides is 1. The van der Waals surface area contributed by atoms with Gasteiger partial charge in [0.2, 0.25) is 5.91 Å². The van der Waals surface area contributed by atoms with Crippen molar-refractivity contribution in [3.63, 3.8) is 0 Å². The van der Waals surface area contributed by atoms with Crippen molar-refractivity contribution in [2.75, 3.05) is 18.2 Å². The molecule has 0 bridgehead atoms. The molecule has 4 aromatic rings. The van der Waals surface area contributed by atoms with Crippen molar-refractivity contribution in [1.82, 2.24) is 4.98 Å². The zero-order chi connectivity index (χ0) is 21.6. The lowest BCUT2D eigenvalue weighted by Gasteiger charge is -2.08. The summed E-state index contributed by atoms with van der Waals surface area (Å²) < 4.78 is 5.89. The Kier molecular flexibility index (Phi) is 6.64. The number of rotatable bonds is 8. The predicted octanol–water partition coefficient (Wildman–Crippen LogP) is 5.46. The number of ketones is 1.